The molecule has 156 valence electrons. The lowest BCUT2D eigenvalue weighted by Gasteiger charge is -2.31. The van der Waals surface area contributed by atoms with Crippen LogP contribution in [0.3, 0.4) is 0 Å². The van der Waals surface area contributed by atoms with Gasteiger partial charge in [-0.1, -0.05) is 53.0 Å². The Morgan fingerprint density at radius 1 is 1.17 bits per heavy atom. The van der Waals surface area contributed by atoms with Crippen LogP contribution in [-0.2, 0) is 21.2 Å². The van der Waals surface area contributed by atoms with Crippen LogP contribution in [0.5, 0.6) is 5.75 Å². The van der Waals surface area contributed by atoms with E-state index in [0.29, 0.717) is 27.2 Å². The zero-order valence-electron chi connectivity index (χ0n) is 15.6. The van der Waals surface area contributed by atoms with Crippen LogP contribution in [0.15, 0.2) is 42.5 Å². The Morgan fingerprint density at radius 2 is 1.90 bits per heavy atom. The van der Waals surface area contributed by atoms with Crippen LogP contribution in [0.25, 0.3) is 0 Å². The van der Waals surface area contributed by atoms with Gasteiger partial charge in [0.15, 0.2) is 15.9 Å². The molecule has 0 aliphatic carbocycles. The first kappa shape index (κ1) is 22.2. The molecule has 9 heteroatoms. The first-order valence-corrected chi connectivity index (χ1v) is 12.0. The molecule has 0 spiro atoms. The van der Waals surface area contributed by atoms with Crippen LogP contribution in [0, 0.1) is 0 Å². The van der Waals surface area contributed by atoms with Gasteiger partial charge < -0.3 is 9.64 Å². The Morgan fingerprint density at radius 3 is 2.52 bits per heavy atom. The van der Waals surface area contributed by atoms with E-state index >= 15 is 0 Å². The van der Waals surface area contributed by atoms with Crippen molar-refractivity contribution in [2.75, 3.05) is 11.5 Å². The van der Waals surface area contributed by atoms with Crippen LogP contribution in [-0.4, -0.2) is 42.9 Å². The maximum atomic E-state index is 13.2. The molecule has 1 heterocycles. The van der Waals surface area contributed by atoms with E-state index < -0.39 is 22.0 Å². The number of carbonyl (C=O) groups is 1. The van der Waals surface area contributed by atoms with Gasteiger partial charge in [-0.25, -0.2) is 8.42 Å². The van der Waals surface area contributed by atoms with E-state index in [1.54, 1.807) is 36.1 Å². The average Bonchev–Trinajstić information content (AvgIpc) is 3.02. The lowest BCUT2D eigenvalue weighted by molar-refractivity contribution is -0.140. The summed E-state index contributed by atoms with van der Waals surface area (Å²) < 4.78 is 29.8. The maximum absolute atomic E-state index is 13.2. The second-order valence-corrected chi connectivity index (χ2v) is 10.4. The van der Waals surface area contributed by atoms with Gasteiger partial charge >= 0.3 is 0 Å². The summed E-state index contributed by atoms with van der Waals surface area (Å²) >= 11 is 18.3. The van der Waals surface area contributed by atoms with Crippen LogP contribution in [0.2, 0.25) is 15.1 Å². The third-order valence-electron chi connectivity index (χ3n) is 4.78. The van der Waals surface area contributed by atoms with E-state index in [1.165, 1.54) is 6.07 Å². The first-order valence-electron chi connectivity index (χ1n) is 9.02. The number of nitrogens with zero attached hydrogens (tertiary/aromatic N) is 1. The van der Waals surface area contributed by atoms with Gasteiger partial charge in [0.05, 0.1) is 16.5 Å². The molecule has 0 unspecified atom stereocenters. The highest BCUT2D eigenvalue weighted by Crippen LogP contribution is 2.29. The van der Waals surface area contributed by atoms with Crippen molar-refractivity contribution in [2.24, 2.45) is 0 Å². The summed E-state index contributed by atoms with van der Waals surface area (Å²) in [6, 6.07) is 11.5. The highest BCUT2D eigenvalue weighted by molar-refractivity contribution is 7.91. The van der Waals surface area contributed by atoms with Crippen molar-refractivity contribution < 1.29 is 17.9 Å². The number of hydrogen-bond acceptors (Lipinski definition) is 4. The Bertz CT molecular complexity index is 1010. The van der Waals surface area contributed by atoms with Crippen LogP contribution < -0.4 is 4.74 Å². The fourth-order valence-electron chi connectivity index (χ4n) is 3.26. The van der Waals surface area contributed by atoms with Gasteiger partial charge in [-0.2, -0.15) is 0 Å². The number of hydrogen-bond donors (Lipinski definition) is 0. The number of amides is 1. The smallest absolute Gasteiger partial charge is 0.263 e. The van der Waals surface area contributed by atoms with Crippen molar-refractivity contribution in [3.05, 3.63) is 63.1 Å². The van der Waals surface area contributed by atoms with E-state index in [9.17, 15) is 13.2 Å². The molecule has 1 saturated heterocycles. The molecule has 0 N–H and O–H groups in total. The van der Waals surface area contributed by atoms with E-state index in [-0.39, 0.29) is 24.0 Å². The minimum absolute atomic E-state index is 0.0578. The Labute approximate surface area is 185 Å². The molecular formula is C20H20Cl3NO4S. The highest BCUT2D eigenvalue weighted by Gasteiger charge is 2.37. The minimum Gasteiger partial charge on any atom is -0.479 e. The van der Waals surface area contributed by atoms with Crippen molar-refractivity contribution in [3.63, 3.8) is 0 Å². The summed E-state index contributed by atoms with van der Waals surface area (Å²) in [5, 5.41) is 1.26. The molecule has 0 radical (unpaired) electrons. The Hall–Kier alpha value is -1.47. The molecule has 1 aliphatic rings. The summed E-state index contributed by atoms with van der Waals surface area (Å²) in [5.41, 5.74) is 0.739. The second kappa shape index (κ2) is 9.13. The third-order valence-corrected chi connectivity index (χ3v) is 7.43. The molecule has 2 aromatic carbocycles. The fourth-order valence-corrected chi connectivity index (χ4v) is 5.64. The zero-order chi connectivity index (χ0) is 21.2. The van der Waals surface area contributed by atoms with Gasteiger partial charge in [-0.15, -0.1) is 0 Å². The second-order valence-electron chi connectivity index (χ2n) is 6.95. The van der Waals surface area contributed by atoms with Crippen molar-refractivity contribution in [2.45, 2.75) is 32.0 Å². The summed E-state index contributed by atoms with van der Waals surface area (Å²) in [4.78, 5) is 14.8. The predicted octanol–water partition coefficient (Wildman–Crippen LogP) is 4.63. The molecule has 0 aromatic heterocycles. The van der Waals surface area contributed by atoms with E-state index in [0.717, 1.165) is 5.56 Å². The third kappa shape index (κ3) is 5.57. The van der Waals surface area contributed by atoms with Crippen molar-refractivity contribution in [1.29, 1.82) is 0 Å². The van der Waals surface area contributed by atoms with E-state index in [4.69, 9.17) is 39.5 Å². The van der Waals surface area contributed by atoms with Crippen LogP contribution in [0.4, 0.5) is 0 Å². The van der Waals surface area contributed by atoms with Gasteiger partial charge in [0, 0.05) is 22.6 Å². The lowest BCUT2D eigenvalue weighted by atomic mass is 10.1. The molecule has 3 rings (SSSR count). The van der Waals surface area contributed by atoms with Crippen molar-refractivity contribution >= 4 is 50.5 Å². The summed E-state index contributed by atoms with van der Waals surface area (Å²) in [5.74, 6) is -0.0217. The zero-order valence-corrected chi connectivity index (χ0v) is 18.7. The number of benzene rings is 2. The number of ether oxygens (including phenoxy) is 1. The summed E-state index contributed by atoms with van der Waals surface area (Å²) in [6.45, 7) is 1.80. The molecule has 0 bridgehead atoms. The predicted molar refractivity (Wildman–Crippen MR) is 116 cm³/mol. The number of rotatable bonds is 6. The van der Waals surface area contributed by atoms with Crippen molar-refractivity contribution in [3.8, 4) is 5.75 Å². The normalized spacial score (nSPS) is 19.0. The Kier molecular flexibility index (Phi) is 6.99. The first-order chi connectivity index (χ1) is 13.7. The summed E-state index contributed by atoms with van der Waals surface area (Å²) in [7, 11) is -3.18. The van der Waals surface area contributed by atoms with Gasteiger partial charge in [0.2, 0.25) is 0 Å². The molecule has 1 fully saturated rings. The van der Waals surface area contributed by atoms with Gasteiger partial charge in [0.25, 0.3) is 5.91 Å². The SMILES string of the molecule is C[C@H](Oc1ccc(Cl)cc1Cl)C(=O)N(Cc1ccccc1Cl)[C@H]1CCS(=O)(=O)C1. The topological polar surface area (TPSA) is 63.7 Å². The maximum Gasteiger partial charge on any atom is 0.263 e. The molecule has 29 heavy (non-hydrogen) atoms. The van der Waals surface area contributed by atoms with Gasteiger partial charge in [-0.05, 0) is 43.2 Å². The molecule has 1 amide bonds. The minimum atomic E-state index is -3.18. The van der Waals surface area contributed by atoms with Gasteiger partial charge in [-0.3, -0.25) is 4.79 Å². The molecule has 2 atom stereocenters. The molecule has 0 saturated carbocycles. The molecule has 5 nitrogen and oxygen atoms in total. The molecular weight excluding hydrogens is 457 g/mol. The van der Waals surface area contributed by atoms with Gasteiger partial charge in [0.1, 0.15) is 5.75 Å². The average molecular weight is 477 g/mol. The van der Waals surface area contributed by atoms with Crippen LogP contribution >= 0.6 is 34.8 Å². The number of halogens is 3. The Balaban J connectivity index is 1.84. The lowest BCUT2D eigenvalue weighted by Crippen LogP contribution is -2.46. The van der Waals surface area contributed by atoms with Crippen molar-refractivity contribution in [1.82, 2.24) is 4.90 Å². The van der Waals surface area contributed by atoms with E-state index in [1.807, 2.05) is 12.1 Å². The number of sulfone groups is 1. The highest BCUT2D eigenvalue weighted by atomic mass is 35.5. The fraction of sp³-hybridized carbons (Fsp3) is 0.350. The molecule has 2 aromatic rings. The largest absolute Gasteiger partial charge is 0.479 e. The van der Waals surface area contributed by atoms with Crippen LogP contribution in [0.1, 0.15) is 18.9 Å². The molecule has 1 aliphatic heterocycles. The van der Waals surface area contributed by atoms with E-state index in [2.05, 4.69) is 0 Å². The quantitative estimate of drug-likeness (QED) is 0.610. The number of carbonyl (C=O) groups excluding carboxylic acids is 1. The summed E-state index contributed by atoms with van der Waals surface area (Å²) in [6.07, 6.45) is -0.494. The monoisotopic (exact) mass is 475 g/mol. The standard InChI is InChI=1S/C20H20Cl3NO4S/c1-13(28-19-7-6-15(21)10-18(19)23)20(25)24(16-8-9-29(26,27)12-16)11-14-4-2-3-5-17(14)22/h2-7,10,13,16H,8-9,11-12H2,1H3/t13-,16-/m0/s1.